The Kier molecular flexibility index (Phi) is 6.93. The van der Waals surface area contributed by atoms with Crippen molar-refractivity contribution >= 4 is 11.6 Å². The Morgan fingerprint density at radius 1 is 1.11 bits per heavy atom. The normalized spacial score (nSPS) is 31.0. The van der Waals surface area contributed by atoms with E-state index in [1.165, 1.54) is 6.42 Å². The zero-order chi connectivity index (χ0) is 26.4. The van der Waals surface area contributed by atoms with Crippen molar-refractivity contribution in [2.45, 2.75) is 108 Å². The highest BCUT2D eigenvalue weighted by molar-refractivity contribution is 5.91. The number of anilines is 1. The van der Waals surface area contributed by atoms with Crippen LogP contribution >= 0.6 is 0 Å². The Morgan fingerprint density at radius 2 is 1.89 bits per heavy atom. The molecule has 5 atom stereocenters. The number of fused-ring (bicyclic) bond motifs is 2. The first-order valence-electron chi connectivity index (χ1n) is 14.6. The molecule has 2 aromatic heterocycles. The Labute approximate surface area is 225 Å². The molecule has 0 amide bonds. The molecular formula is C29H42N6O3. The van der Waals surface area contributed by atoms with Crippen LogP contribution in [0.4, 0.5) is 5.82 Å². The fourth-order valence-corrected chi connectivity index (χ4v) is 7.43. The Morgan fingerprint density at radius 3 is 2.63 bits per heavy atom. The van der Waals surface area contributed by atoms with Crippen molar-refractivity contribution in [2.75, 3.05) is 31.6 Å². The molecule has 4 aliphatic rings. The predicted octanol–water partition coefficient (Wildman–Crippen LogP) is 3.90. The van der Waals surface area contributed by atoms with Gasteiger partial charge in [0.1, 0.15) is 29.1 Å². The maximum atomic E-state index is 13.2. The highest BCUT2D eigenvalue weighted by Crippen LogP contribution is 2.47. The van der Waals surface area contributed by atoms with E-state index in [0.29, 0.717) is 36.3 Å². The zero-order valence-electron chi connectivity index (χ0n) is 23.3. The minimum Gasteiger partial charge on any atom is -0.459 e. The van der Waals surface area contributed by atoms with Crippen LogP contribution in [0.1, 0.15) is 83.5 Å². The number of nitrogens with one attached hydrogen (secondary N) is 1. The third kappa shape index (κ3) is 4.62. The monoisotopic (exact) mass is 522 g/mol. The number of hydrogen-bond acceptors (Lipinski definition) is 9. The fraction of sp³-hybridized carbons (Fsp3) is 0.724. The first-order valence-corrected chi connectivity index (χ1v) is 14.6. The van der Waals surface area contributed by atoms with Crippen molar-refractivity contribution in [1.82, 2.24) is 25.3 Å². The van der Waals surface area contributed by atoms with Crippen LogP contribution in [0.2, 0.25) is 0 Å². The van der Waals surface area contributed by atoms with Gasteiger partial charge in [0, 0.05) is 49.3 Å². The number of hydrogen-bond donors (Lipinski definition) is 1. The smallest absolute Gasteiger partial charge is 0.319 e. The minimum absolute atomic E-state index is 0.0270. The number of ether oxygens (including phenoxy) is 1. The summed E-state index contributed by atoms with van der Waals surface area (Å²) in [5.74, 6) is 1.96. The summed E-state index contributed by atoms with van der Waals surface area (Å²) in [6, 6.07) is 3.47. The average molecular weight is 523 g/mol. The number of likely N-dealkylation sites (tertiary alicyclic amines) is 1. The number of likely N-dealkylation sites (N-methyl/N-ethyl adjacent to an activating group) is 1. The largest absolute Gasteiger partial charge is 0.459 e. The van der Waals surface area contributed by atoms with E-state index in [-0.39, 0.29) is 6.10 Å². The molecule has 0 radical (unpaired) electrons. The lowest BCUT2D eigenvalue weighted by Crippen LogP contribution is -2.54. The SMILES string of the molecule is C[C@H](Oc1nc(-c2noc3c2CCC[C@@]32CCCCC2=O)cc(N2C[C@H](C)N[C@@H](C)C2)n1)[C@@H]1CCCN1C. The third-order valence-electron chi connectivity index (χ3n) is 9.27. The van der Waals surface area contributed by atoms with Crippen LogP contribution in [0.3, 0.4) is 0 Å². The molecule has 0 aromatic carbocycles. The maximum Gasteiger partial charge on any atom is 0.319 e. The van der Waals surface area contributed by atoms with Crippen LogP contribution in [0, 0.1) is 0 Å². The molecule has 38 heavy (non-hydrogen) atoms. The molecule has 2 aromatic rings. The van der Waals surface area contributed by atoms with Gasteiger partial charge >= 0.3 is 6.01 Å². The van der Waals surface area contributed by atoms with Gasteiger partial charge in [-0.3, -0.25) is 9.69 Å². The van der Waals surface area contributed by atoms with E-state index in [0.717, 1.165) is 93.1 Å². The van der Waals surface area contributed by atoms with Crippen molar-refractivity contribution in [3.05, 3.63) is 17.4 Å². The lowest BCUT2D eigenvalue weighted by Gasteiger charge is -2.37. The van der Waals surface area contributed by atoms with Crippen LogP contribution in [0.5, 0.6) is 6.01 Å². The second kappa shape index (κ2) is 10.2. The Bertz CT molecular complexity index is 1170. The summed E-state index contributed by atoms with van der Waals surface area (Å²) < 4.78 is 12.5. The van der Waals surface area contributed by atoms with E-state index in [1.807, 2.05) is 6.07 Å². The fourth-order valence-electron chi connectivity index (χ4n) is 7.43. The first-order chi connectivity index (χ1) is 18.3. The van der Waals surface area contributed by atoms with E-state index in [4.69, 9.17) is 19.2 Å². The van der Waals surface area contributed by atoms with Gasteiger partial charge in [-0.05, 0) is 79.3 Å². The number of ketones is 1. The van der Waals surface area contributed by atoms with Crippen LogP contribution < -0.4 is 15.0 Å². The van der Waals surface area contributed by atoms with E-state index in [1.54, 1.807) is 0 Å². The van der Waals surface area contributed by atoms with Gasteiger partial charge in [0.15, 0.2) is 5.76 Å². The second-order valence-corrected chi connectivity index (χ2v) is 12.2. The summed E-state index contributed by atoms with van der Waals surface area (Å²) in [7, 11) is 2.16. The number of carbonyl (C=O) groups is 1. The van der Waals surface area contributed by atoms with Crippen molar-refractivity contribution in [2.24, 2.45) is 0 Å². The molecule has 9 heteroatoms. The molecule has 0 bridgehead atoms. The van der Waals surface area contributed by atoms with Gasteiger partial charge < -0.3 is 19.5 Å². The number of aromatic nitrogens is 3. The van der Waals surface area contributed by atoms with Crippen LogP contribution in [-0.2, 0) is 16.6 Å². The quantitative estimate of drug-likeness (QED) is 0.627. The van der Waals surface area contributed by atoms with Crippen molar-refractivity contribution in [1.29, 1.82) is 0 Å². The minimum atomic E-state index is -0.503. The Balaban J connectivity index is 1.39. The number of carbonyl (C=O) groups excluding carboxylic acids is 1. The van der Waals surface area contributed by atoms with Crippen LogP contribution in [-0.4, -0.2) is 76.7 Å². The molecule has 2 aliphatic carbocycles. The molecule has 2 saturated heterocycles. The van der Waals surface area contributed by atoms with Gasteiger partial charge in [-0.15, -0.1) is 0 Å². The number of nitrogens with zero attached hydrogens (tertiary/aromatic N) is 5. The van der Waals surface area contributed by atoms with Crippen molar-refractivity contribution in [3.8, 4) is 17.4 Å². The van der Waals surface area contributed by atoms with Gasteiger partial charge in [-0.25, -0.2) is 0 Å². The topological polar surface area (TPSA) is 96.6 Å². The zero-order valence-corrected chi connectivity index (χ0v) is 23.3. The molecule has 0 unspecified atom stereocenters. The van der Waals surface area contributed by atoms with E-state index >= 15 is 0 Å². The molecule has 2 aliphatic heterocycles. The second-order valence-electron chi connectivity index (χ2n) is 12.2. The average Bonchev–Trinajstić information content (AvgIpc) is 3.52. The molecule has 1 saturated carbocycles. The summed E-state index contributed by atoms with van der Waals surface area (Å²) in [6.07, 6.45) is 8.48. The summed E-state index contributed by atoms with van der Waals surface area (Å²) in [5.41, 5.74) is 2.01. The summed E-state index contributed by atoms with van der Waals surface area (Å²) in [6.45, 7) is 9.33. The summed E-state index contributed by atoms with van der Waals surface area (Å²) in [4.78, 5) is 27.7. The highest BCUT2D eigenvalue weighted by atomic mass is 16.5. The third-order valence-corrected chi connectivity index (χ3v) is 9.27. The number of rotatable bonds is 5. The lowest BCUT2D eigenvalue weighted by atomic mass is 9.64. The first kappa shape index (κ1) is 25.7. The molecule has 3 fully saturated rings. The molecule has 6 rings (SSSR count). The predicted molar refractivity (Wildman–Crippen MR) is 146 cm³/mol. The van der Waals surface area contributed by atoms with Gasteiger partial charge in [-0.2, -0.15) is 9.97 Å². The lowest BCUT2D eigenvalue weighted by molar-refractivity contribution is -0.128. The summed E-state index contributed by atoms with van der Waals surface area (Å²) in [5, 5.41) is 8.17. The Hall–Kier alpha value is -2.52. The number of Topliss-reactive ketones (excluding diaryl/α,β-unsaturated/α-hetero) is 1. The highest BCUT2D eigenvalue weighted by Gasteiger charge is 2.48. The molecule has 1 spiro atoms. The van der Waals surface area contributed by atoms with Gasteiger partial charge in [0.2, 0.25) is 0 Å². The standard InChI is InChI=1S/C29H42N6O3/c1-18-16-35(17-19(2)30-18)25-15-22(31-28(32-25)37-20(3)23-10-8-14-34(23)4)26-21-9-7-13-29(27(21)38-33-26)12-6-5-11-24(29)36/h15,18-20,23,30H,5-14,16-17H2,1-4H3/t18-,19-,20-,23-,29+/m0/s1. The van der Waals surface area contributed by atoms with Gasteiger partial charge in [-0.1, -0.05) is 11.6 Å². The van der Waals surface area contributed by atoms with Crippen molar-refractivity contribution in [3.63, 3.8) is 0 Å². The maximum absolute atomic E-state index is 13.2. The summed E-state index contributed by atoms with van der Waals surface area (Å²) >= 11 is 0. The molecule has 1 N–H and O–H groups in total. The van der Waals surface area contributed by atoms with E-state index in [9.17, 15) is 4.79 Å². The molecule has 4 heterocycles. The van der Waals surface area contributed by atoms with E-state index in [2.05, 4.69) is 48.1 Å². The van der Waals surface area contributed by atoms with Crippen LogP contribution in [0.25, 0.3) is 11.4 Å². The molecular weight excluding hydrogens is 480 g/mol. The number of piperazine rings is 1. The molecule has 206 valence electrons. The molecule has 9 nitrogen and oxygen atoms in total. The van der Waals surface area contributed by atoms with Gasteiger partial charge in [0.05, 0.1) is 5.41 Å². The van der Waals surface area contributed by atoms with Crippen LogP contribution in [0.15, 0.2) is 10.6 Å². The van der Waals surface area contributed by atoms with Crippen molar-refractivity contribution < 1.29 is 14.1 Å². The van der Waals surface area contributed by atoms with Gasteiger partial charge in [0.25, 0.3) is 0 Å². The van der Waals surface area contributed by atoms with E-state index < -0.39 is 5.41 Å².